The highest BCUT2D eigenvalue weighted by Gasteiger charge is 2.22. The molecule has 0 aromatic carbocycles. The van der Waals surface area contributed by atoms with Crippen molar-refractivity contribution in [2.45, 2.75) is 71.1 Å². The molecular formula is C26H38N2O8. The van der Waals surface area contributed by atoms with Crippen molar-refractivity contribution in [3.8, 4) is 0 Å². The van der Waals surface area contributed by atoms with E-state index in [1.807, 2.05) is 6.92 Å². The highest BCUT2D eigenvalue weighted by atomic mass is 16.5. The first-order valence-corrected chi connectivity index (χ1v) is 12.6. The lowest BCUT2D eigenvalue weighted by Crippen LogP contribution is -2.30. The zero-order valence-electron chi connectivity index (χ0n) is 21.1. The molecule has 1 N–H and O–H groups in total. The molecule has 1 aliphatic rings. The minimum absolute atomic E-state index is 0.242. The van der Waals surface area contributed by atoms with E-state index in [-0.39, 0.29) is 35.6 Å². The Morgan fingerprint density at radius 1 is 0.889 bits per heavy atom. The van der Waals surface area contributed by atoms with Crippen LogP contribution in [0.5, 0.6) is 0 Å². The Balaban J connectivity index is 1.93. The maximum atomic E-state index is 11.8. The second kappa shape index (κ2) is 19.0. The van der Waals surface area contributed by atoms with E-state index in [9.17, 15) is 28.8 Å². The number of nitrogens with zero attached hydrogens (tertiary/aromatic N) is 1. The van der Waals surface area contributed by atoms with E-state index in [1.165, 1.54) is 23.1 Å². The van der Waals surface area contributed by atoms with Crippen LogP contribution >= 0.6 is 0 Å². The number of allylic oxidation sites excluding steroid dienone is 1. The summed E-state index contributed by atoms with van der Waals surface area (Å²) in [6.07, 6.45) is 11.6. The van der Waals surface area contributed by atoms with Crippen molar-refractivity contribution < 1.29 is 38.2 Å². The van der Waals surface area contributed by atoms with Gasteiger partial charge in [-0.2, -0.15) is 0 Å². The summed E-state index contributed by atoms with van der Waals surface area (Å²) in [4.78, 5) is 69.1. The fourth-order valence-electron chi connectivity index (χ4n) is 3.37. The smallest absolute Gasteiger partial charge is 0.305 e. The van der Waals surface area contributed by atoms with E-state index >= 15 is 0 Å². The third-order valence-electron chi connectivity index (χ3n) is 5.59. The van der Waals surface area contributed by atoms with Gasteiger partial charge in [-0.3, -0.25) is 33.7 Å². The maximum Gasteiger partial charge on any atom is 0.305 e. The number of imide groups is 1. The Bertz CT molecular complexity index is 788. The van der Waals surface area contributed by atoms with Crippen LogP contribution in [0.1, 0.15) is 71.1 Å². The summed E-state index contributed by atoms with van der Waals surface area (Å²) < 4.78 is 10.5. The van der Waals surface area contributed by atoms with Crippen LogP contribution in [0.4, 0.5) is 0 Å². The lowest BCUT2D eigenvalue weighted by molar-refractivity contribution is -0.144. The summed E-state index contributed by atoms with van der Waals surface area (Å²) in [5, 5.41) is 2.65. The average Bonchev–Trinajstić information content (AvgIpc) is 3.16. The number of carbonyl (C=O) groups excluding carboxylic acids is 6. The number of unbranched alkanes of at least 4 members (excludes halogenated alkanes) is 4. The lowest BCUT2D eigenvalue weighted by atomic mass is 10.1. The molecule has 0 bridgehead atoms. The van der Waals surface area contributed by atoms with Crippen molar-refractivity contribution in [2.75, 3.05) is 26.3 Å². The quantitative estimate of drug-likeness (QED) is 0.0874. The third kappa shape index (κ3) is 14.9. The Labute approximate surface area is 212 Å². The Hall–Kier alpha value is -3.30. The number of carbonyl (C=O) groups is 6. The standard InChI is InChI=1S/C26H38N2O8/c1-21(14-19-35-25(33)10-4-2-6-16-27-22(30)9-8-18-29)15-20-36-26(34)11-5-3-7-17-28-23(31)12-13-24(28)32/h8-9,12-13,18,21H,2-7,10-11,14-17,19-20H2,1H3,(H,27,30)/b9-8-. The minimum atomic E-state index is -0.314. The third-order valence-corrected chi connectivity index (χ3v) is 5.59. The Morgan fingerprint density at radius 3 is 2.00 bits per heavy atom. The van der Waals surface area contributed by atoms with Gasteiger partial charge in [-0.15, -0.1) is 0 Å². The first-order chi connectivity index (χ1) is 17.3. The summed E-state index contributed by atoms with van der Waals surface area (Å²) in [5.41, 5.74) is 0. The van der Waals surface area contributed by atoms with E-state index in [1.54, 1.807) is 0 Å². The van der Waals surface area contributed by atoms with Gasteiger partial charge in [0, 0.05) is 44.2 Å². The van der Waals surface area contributed by atoms with Crippen molar-refractivity contribution in [3.05, 3.63) is 24.3 Å². The van der Waals surface area contributed by atoms with Gasteiger partial charge >= 0.3 is 11.9 Å². The molecule has 10 nitrogen and oxygen atoms in total. The molecule has 0 aliphatic carbocycles. The number of esters is 2. The van der Waals surface area contributed by atoms with Crippen LogP contribution in [0.3, 0.4) is 0 Å². The molecule has 10 heteroatoms. The van der Waals surface area contributed by atoms with Gasteiger partial charge in [0.05, 0.1) is 13.2 Å². The van der Waals surface area contributed by atoms with E-state index in [0.717, 1.165) is 25.3 Å². The molecule has 0 aromatic rings. The van der Waals surface area contributed by atoms with Crippen molar-refractivity contribution in [3.63, 3.8) is 0 Å². The molecule has 0 saturated heterocycles. The fourth-order valence-corrected chi connectivity index (χ4v) is 3.37. The molecule has 0 spiro atoms. The first-order valence-electron chi connectivity index (χ1n) is 12.6. The van der Waals surface area contributed by atoms with Gasteiger partial charge < -0.3 is 14.8 Å². The average molecular weight is 507 g/mol. The largest absolute Gasteiger partial charge is 0.466 e. The van der Waals surface area contributed by atoms with Gasteiger partial charge in [0.2, 0.25) is 5.91 Å². The SMILES string of the molecule is CC(CCOC(=O)CCCCCNC(=O)/C=C\C=O)CCOC(=O)CCCCCN1C(=O)C=CC1=O. The molecule has 1 aliphatic heterocycles. The van der Waals surface area contributed by atoms with Crippen LogP contribution in [0.25, 0.3) is 0 Å². The fraction of sp³-hybridized carbons (Fsp3) is 0.615. The van der Waals surface area contributed by atoms with Gasteiger partial charge in [0.15, 0.2) is 0 Å². The molecule has 200 valence electrons. The Morgan fingerprint density at radius 2 is 1.44 bits per heavy atom. The molecule has 0 radical (unpaired) electrons. The second-order valence-corrected chi connectivity index (χ2v) is 8.69. The molecular weight excluding hydrogens is 468 g/mol. The van der Waals surface area contributed by atoms with Crippen LogP contribution < -0.4 is 5.32 Å². The van der Waals surface area contributed by atoms with Crippen LogP contribution in [0.2, 0.25) is 0 Å². The maximum absolute atomic E-state index is 11.8. The zero-order chi connectivity index (χ0) is 26.6. The molecule has 0 saturated carbocycles. The van der Waals surface area contributed by atoms with Gasteiger partial charge in [-0.1, -0.05) is 19.8 Å². The van der Waals surface area contributed by atoms with Crippen molar-refractivity contribution in [1.82, 2.24) is 10.2 Å². The highest BCUT2D eigenvalue weighted by Crippen LogP contribution is 2.11. The van der Waals surface area contributed by atoms with E-state index in [2.05, 4.69) is 5.32 Å². The number of amides is 3. The van der Waals surface area contributed by atoms with Crippen molar-refractivity contribution in [1.29, 1.82) is 0 Å². The number of ether oxygens (including phenoxy) is 2. The minimum Gasteiger partial charge on any atom is -0.466 e. The van der Waals surface area contributed by atoms with Crippen molar-refractivity contribution >= 4 is 35.9 Å². The predicted octanol–water partition coefficient (Wildman–Crippen LogP) is 2.41. The van der Waals surface area contributed by atoms with Crippen LogP contribution in [-0.2, 0) is 38.2 Å². The number of rotatable bonds is 20. The van der Waals surface area contributed by atoms with Crippen LogP contribution in [0.15, 0.2) is 24.3 Å². The van der Waals surface area contributed by atoms with E-state index in [4.69, 9.17) is 9.47 Å². The second-order valence-electron chi connectivity index (χ2n) is 8.69. The van der Waals surface area contributed by atoms with Crippen LogP contribution in [-0.4, -0.2) is 67.1 Å². The molecule has 1 atom stereocenters. The molecule has 3 amide bonds. The summed E-state index contributed by atoms with van der Waals surface area (Å²) >= 11 is 0. The zero-order valence-corrected chi connectivity index (χ0v) is 21.1. The van der Waals surface area contributed by atoms with Crippen molar-refractivity contribution in [2.24, 2.45) is 5.92 Å². The summed E-state index contributed by atoms with van der Waals surface area (Å²) in [6, 6.07) is 0. The first kappa shape index (κ1) is 30.7. The summed E-state index contributed by atoms with van der Waals surface area (Å²) in [5.74, 6) is -1.16. The van der Waals surface area contributed by atoms with E-state index in [0.29, 0.717) is 77.5 Å². The summed E-state index contributed by atoms with van der Waals surface area (Å²) in [7, 11) is 0. The van der Waals surface area contributed by atoms with E-state index < -0.39 is 0 Å². The molecule has 1 rings (SSSR count). The number of aldehydes is 1. The Kier molecular flexibility index (Phi) is 16.2. The number of hydrogen-bond donors (Lipinski definition) is 1. The normalized spacial score (nSPS) is 13.8. The van der Waals surface area contributed by atoms with Gasteiger partial charge in [-0.05, 0) is 50.5 Å². The van der Waals surface area contributed by atoms with Gasteiger partial charge in [0.1, 0.15) is 6.29 Å². The number of nitrogens with one attached hydrogen (secondary N) is 1. The molecule has 36 heavy (non-hydrogen) atoms. The monoisotopic (exact) mass is 506 g/mol. The molecule has 0 aromatic heterocycles. The number of hydrogen-bond acceptors (Lipinski definition) is 8. The molecule has 1 unspecified atom stereocenters. The predicted molar refractivity (Wildman–Crippen MR) is 131 cm³/mol. The summed E-state index contributed by atoms with van der Waals surface area (Å²) in [6.45, 7) is 3.50. The molecule has 0 fully saturated rings. The molecule has 1 heterocycles. The topological polar surface area (TPSA) is 136 Å². The highest BCUT2D eigenvalue weighted by molar-refractivity contribution is 6.12. The lowest BCUT2D eigenvalue weighted by Gasteiger charge is -2.13. The van der Waals surface area contributed by atoms with Gasteiger partial charge in [0.25, 0.3) is 11.8 Å². The van der Waals surface area contributed by atoms with Crippen LogP contribution in [0, 0.1) is 5.92 Å². The van der Waals surface area contributed by atoms with Gasteiger partial charge in [-0.25, -0.2) is 0 Å².